The van der Waals surface area contributed by atoms with Gasteiger partial charge in [0.05, 0.1) is 23.9 Å². The van der Waals surface area contributed by atoms with Crippen LogP contribution in [0.5, 0.6) is 0 Å². The maximum atomic E-state index is 11.3. The number of hydrazine groups is 1. The molecular weight excluding hydrogens is 248 g/mol. The van der Waals surface area contributed by atoms with E-state index in [1.54, 1.807) is 6.07 Å². The fraction of sp³-hybridized carbons (Fsp3) is 0.615. The summed E-state index contributed by atoms with van der Waals surface area (Å²) >= 11 is 0. The summed E-state index contributed by atoms with van der Waals surface area (Å²) in [5.74, 6) is 5.29. The number of rotatable bonds is 4. The van der Waals surface area contributed by atoms with Gasteiger partial charge in [-0.1, -0.05) is 0 Å². The third-order valence-corrected chi connectivity index (χ3v) is 3.16. The molecule has 0 spiro atoms. The Morgan fingerprint density at radius 3 is 2.79 bits per heavy atom. The van der Waals surface area contributed by atoms with E-state index in [0.717, 1.165) is 12.8 Å². The summed E-state index contributed by atoms with van der Waals surface area (Å²) in [6.45, 7) is 4.44. The van der Waals surface area contributed by atoms with Gasteiger partial charge in [0.15, 0.2) is 0 Å². The first-order valence-corrected chi connectivity index (χ1v) is 6.44. The molecule has 1 amide bonds. The van der Waals surface area contributed by atoms with Crippen molar-refractivity contribution in [3.05, 3.63) is 23.7 Å². The van der Waals surface area contributed by atoms with Crippen molar-refractivity contribution in [2.75, 3.05) is 0 Å². The van der Waals surface area contributed by atoms with Crippen LogP contribution in [0, 0.1) is 0 Å². The summed E-state index contributed by atoms with van der Waals surface area (Å²) < 4.78 is 16.7. The summed E-state index contributed by atoms with van der Waals surface area (Å²) in [4.78, 5) is 11.3. The topological polar surface area (TPSA) is 86.7 Å². The number of nitrogens with one attached hydrogen (secondary N) is 1. The van der Waals surface area contributed by atoms with Crippen molar-refractivity contribution in [1.82, 2.24) is 5.43 Å². The molecule has 0 aliphatic carbocycles. The molecule has 0 aromatic carbocycles. The number of nitrogens with two attached hydrogens (primary N) is 1. The van der Waals surface area contributed by atoms with E-state index in [1.807, 2.05) is 13.8 Å². The molecule has 1 aliphatic heterocycles. The Balaban J connectivity index is 1.85. The first-order chi connectivity index (χ1) is 9.08. The van der Waals surface area contributed by atoms with E-state index in [0.29, 0.717) is 17.9 Å². The lowest BCUT2D eigenvalue weighted by atomic mass is 10.0. The second kappa shape index (κ2) is 6.18. The van der Waals surface area contributed by atoms with Gasteiger partial charge >= 0.3 is 0 Å². The third kappa shape index (κ3) is 3.79. The highest BCUT2D eigenvalue weighted by Crippen LogP contribution is 2.22. The van der Waals surface area contributed by atoms with E-state index in [-0.39, 0.29) is 24.2 Å². The molecule has 2 atom stereocenters. The SMILES string of the molecule is CC1CC(OCc2cc(C(=O)NN)co2)CC(C)O1. The Labute approximate surface area is 112 Å². The van der Waals surface area contributed by atoms with Crippen molar-refractivity contribution in [2.45, 2.75) is 51.6 Å². The Morgan fingerprint density at radius 2 is 2.16 bits per heavy atom. The van der Waals surface area contributed by atoms with E-state index < -0.39 is 0 Å². The smallest absolute Gasteiger partial charge is 0.268 e. The van der Waals surface area contributed by atoms with Gasteiger partial charge in [-0.05, 0) is 32.8 Å². The second-order valence-electron chi connectivity index (χ2n) is 4.94. The summed E-state index contributed by atoms with van der Waals surface area (Å²) in [6, 6.07) is 1.63. The van der Waals surface area contributed by atoms with Crippen LogP contribution in [0.25, 0.3) is 0 Å². The third-order valence-electron chi connectivity index (χ3n) is 3.16. The van der Waals surface area contributed by atoms with Gasteiger partial charge in [-0.2, -0.15) is 0 Å². The lowest BCUT2D eigenvalue weighted by Crippen LogP contribution is -2.33. The minimum atomic E-state index is -0.372. The molecule has 2 heterocycles. The van der Waals surface area contributed by atoms with Gasteiger partial charge in [0.25, 0.3) is 5.91 Å². The van der Waals surface area contributed by atoms with Crippen LogP contribution in [0.4, 0.5) is 0 Å². The summed E-state index contributed by atoms with van der Waals surface area (Å²) in [7, 11) is 0. The normalized spacial score (nSPS) is 27.2. The highest BCUT2D eigenvalue weighted by molar-refractivity contribution is 5.93. The molecule has 2 rings (SSSR count). The minimum absolute atomic E-state index is 0.163. The molecule has 6 nitrogen and oxygen atoms in total. The molecular formula is C13H20N2O4. The van der Waals surface area contributed by atoms with Crippen LogP contribution in [0.1, 0.15) is 42.8 Å². The predicted octanol–water partition coefficient (Wildman–Crippen LogP) is 1.36. The second-order valence-corrected chi connectivity index (χ2v) is 4.94. The zero-order valence-electron chi connectivity index (χ0n) is 11.2. The molecule has 106 valence electrons. The zero-order valence-corrected chi connectivity index (χ0v) is 11.2. The molecule has 0 saturated carbocycles. The van der Waals surface area contributed by atoms with Crippen LogP contribution in [-0.2, 0) is 16.1 Å². The first kappa shape index (κ1) is 14.0. The molecule has 1 fully saturated rings. The van der Waals surface area contributed by atoms with Crippen molar-refractivity contribution >= 4 is 5.91 Å². The van der Waals surface area contributed by atoms with Crippen LogP contribution in [0.15, 0.2) is 16.7 Å². The fourth-order valence-corrected chi connectivity index (χ4v) is 2.34. The maximum absolute atomic E-state index is 11.3. The van der Waals surface area contributed by atoms with Crippen molar-refractivity contribution in [3.63, 3.8) is 0 Å². The van der Waals surface area contributed by atoms with Gasteiger partial charge in [-0.15, -0.1) is 0 Å². The predicted molar refractivity (Wildman–Crippen MR) is 68.2 cm³/mol. The molecule has 3 N–H and O–H groups in total. The lowest BCUT2D eigenvalue weighted by molar-refractivity contribution is -0.108. The van der Waals surface area contributed by atoms with Crippen molar-refractivity contribution in [1.29, 1.82) is 0 Å². The van der Waals surface area contributed by atoms with Gasteiger partial charge in [-0.25, -0.2) is 5.84 Å². The van der Waals surface area contributed by atoms with Crippen molar-refractivity contribution in [2.24, 2.45) is 5.84 Å². The van der Waals surface area contributed by atoms with Crippen LogP contribution >= 0.6 is 0 Å². The molecule has 2 unspecified atom stereocenters. The molecule has 1 aromatic heterocycles. The lowest BCUT2D eigenvalue weighted by Gasteiger charge is -2.31. The maximum Gasteiger partial charge on any atom is 0.268 e. The average molecular weight is 268 g/mol. The standard InChI is InChI=1S/C13H20N2O4/c1-8-3-11(4-9(2)19-8)18-7-12-5-10(6-17-12)13(16)15-14/h5-6,8-9,11H,3-4,7,14H2,1-2H3,(H,15,16). The first-order valence-electron chi connectivity index (χ1n) is 6.44. The van der Waals surface area contributed by atoms with E-state index in [1.165, 1.54) is 6.26 Å². The Hall–Kier alpha value is -1.37. The highest BCUT2D eigenvalue weighted by atomic mass is 16.5. The zero-order chi connectivity index (χ0) is 13.8. The van der Waals surface area contributed by atoms with Gasteiger partial charge in [0.1, 0.15) is 18.6 Å². The molecule has 1 saturated heterocycles. The summed E-state index contributed by atoms with van der Waals surface area (Å²) in [5, 5.41) is 0. The summed E-state index contributed by atoms with van der Waals surface area (Å²) in [6.07, 6.45) is 3.71. The number of nitrogen functional groups attached to an aromatic ring is 1. The number of carbonyl (C=O) groups is 1. The van der Waals surface area contributed by atoms with E-state index in [2.05, 4.69) is 5.43 Å². The number of amides is 1. The molecule has 1 aliphatic rings. The molecule has 6 heteroatoms. The van der Waals surface area contributed by atoms with E-state index in [9.17, 15) is 4.79 Å². The Bertz CT molecular complexity index is 422. The number of carbonyl (C=O) groups excluding carboxylic acids is 1. The molecule has 0 bridgehead atoms. The quantitative estimate of drug-likeness (QED) is 0.489. The van der Waals surface area contributed by atoms with Crippen LogP contribution in [-0.4, -0.2) is 24.2 Å². The molecule has 19 heavy (non-hydrogen) atoms. The number of hydrogen-bond donors (Lipinski definition) is 2. The van der Waals surface area contributed by atoms with E-state index >= 15 is 0 Å². The van der Waals surface area contributed by atoms with Gasteiger partial charge in [0.2, 0.25) is 0 Å². The van der Waals surface area contributed by atoms with E-state index in [4.69, 9.17) is 19.7 Å². The number of ether oxygens (including phenoxy) is 2. The average Bonchev–Trinajstić information content (AvgIpc) is 2.83. The van der Waals surface area contributed by atoms with Crippen LogP contribution in [0.3, 0.4) is 0 Å². The largest absolute Gasteiger partial charge is 0.466 e. The number of furan rings is 1. The van der Waals surface area contributed by atoms with Crippen molar-refractivity contribution in [3.8, 4) is 0 Å². The molecule has 0 radical (unpaired) electrons. The minimum Gasteiger partial charge on any atom is -0.466 e. The van der Waals surface area contributed by atoms with Crippen LogP contribution < -0.4 is 11.3 Å². The summed E-state index contributed by atoms with van der Waals surface area (Å²) in [5.41, 5.74) is 2.45. The Kier molecular flexibility index (Phi) is 4.57. The Morgan fingerprint density at radius 1 is 1.47 bits per heavy atom. The van der Waals surface area contributed by atoms with Gasteiger partial charge < -0.3 is 13.9 Å². The van der Waals surface area contributed by atoms with Crippen molar-refractivity contribution < 1.29 is 18.7 Å². The molecule has 1 aromatic rings. The van der Waals surface area contributed by atoms with Crippen LogP contribution in [0.2, 0.25) is 0 Å². The van der Waals surface area contributed by atoms with Gasteiger partial charge in [0, 0.05) is 0 Å². The fourth-order valence-electron chi connectivity index (χ4n) is 2.34. The monoisotopic (exact) mass is 268 g/mol. The number of hydrogen-bond acceptors (Lipinski definition) is 5. The highest BCUT2D eigenvalue weighted by Gasteiger charge is 2.25. The van der Waals surface area contributed by atoms with Gasteiger partial charge in [-0.3, -0.25) is 10.2 Å².